The smallest absolute Gasteiger partial charge is 0.412 e. The summed E-state index contributed by atoms with van der Waals surface area (Å²) in [4.78, 5) is 25.3. The Morgan fingerprint density at radius 3 is 2.40 bits per heavy atom. The first-order valence-electron chi connectivity index (χ1n) is 12.9. The number of aromatic hydroxyl groups is 1. The molecule has 0 aliphatic heterocycles. The average Bonchev–Trinajstić information content (AvgIpc) is 2.96. The maximum Gasteiger partial charge on any atom is 0.412 e. The molecule has 0 aliphatic rings. The van der Waals surface area contributed by atoms with Gasteiger partial charge in [0.2, 0.25) is 5.91 Å². The van der Waals surface area contributed by atoms with E-state index in [1.54, 1.807) is 66.7 Å². The molecule has 0 spiro atoms. The third kappa shape index (κ3) is 6.97. The Kier molecular flexibility index (Phi) is 9.00. The van der Waals surface area contributed by atoms with Crippen molar-refractivity contribution >= 4 is 39.8 Å². The molecule has 202 valence electrons. The van der Waals surface area contributed by atoms with E-state index < -0.39 is 12.2 Å². The second-order valence-electron chi connectivity index (χ2n) is 9.39. The van der Waals surface area contributed by atoms with Gasteiger partial charge < -0.3 is 20.9 Å². The highest BCUT2D eigenvalue weighted by Gasteiger charge is 2.26. The minimum atomic E-state index is -0.644. The quantitative estimate of drug-likeness (QED) is 0.136. The predicted molar refractivity (Wildman–Crippen MR) is 157 cm³/mol. The maximum atomic E-state index is 13.0. The number of para-hydroxylation sites is 2. The second kappa shape index (κ2) is 13.0. The number of benzene rings is 4. The van der Waals surface area contributed by atoms with Gasteiger partial charge in [0.1, 0.15) is 11.9 Å². The van der Waals surface area contributed by atoms with Crippen LogP contribution in [-0.2, 0) is 9.53 Å². The summed E-state index contributed by atoms with van der Waals surface area (Å²) in [5.74, 6) is -0.289. The number of nitriles is 1. The van der Waals surface area contributed by atoms with Crippen LogP contribution in [0, 0.1) is 17.2 Å². The van der Waals surface area contributed by atoms with Crippen molar-refractivity contribution in [2.24, 2.45) is 5.92 Å². The van der Waals surface area contributed by atoms with Gasteiger partial charge in [-0.25, -0.2) is 4.79 Å². The van der Waals surface area contributed by atoms with Gasteiger partial charge in [0.15, 0.2) is 0 Å². The number of carbonyl (C=O) groups is 2. The molecule has 0 unspecified atom stereocenters. The molecule has 2 amide bonds. The molecule has 40 heavy (non-hydrogen) atoms. The van der Waals surface area contributed by atoms with Crippen molar-refractivity contribution < 1.29 is 19.4 Å². The van der Waals surface area contributed by atoms with Crippen molar-refractivity contribution in [2.75, 3.05) is 16.4 Å². The van der Waals surface area contributed by atoms with Crippen LogP contribution in [0.3, 0.4) is 0 Å². The van der Waals surface area contributed by atoms with Gasteiger partial charge in [-0.15, -0.1) is 0 Å². The summed E-state index contributed by atoms with van der Waals surface area (Å²) in [6.07, 6.45) is 3.12. The Balaban J connectivity index is 1.49. The van der Waals surface area contributed by atoms with Crippen molar-refractivity contribution in [2.45, 2.75) is 25.9 Å². The molecule has 4 rings (SSSR count). The van der Waals surface area contributed by atoms with Gasteiger partial charge in [-0.1, -0.05) is 55.5 Å². The first kappa shape index (κ1) is 27.7. The van der Waals surface area contributed by atoms with Gasteiger partial charge in [-0.05, 0) is 72.7 Å². The van der Waals surface area contributed by atoms with Crippen molar-refractivity contribution in [3.63, 3.8) is 0 Å². The van der Waals surface area contributed by atoms with E-state index >= 15 is 0 Å². The highest BCUT2D eigenvalue weighted by atomic mass is 16.6. The SMILES string of the molecule is C[C@@H](CC/C=C/C(=O)Nc1ccccc1N)[C@H](OC(=O)Nc1ccc(C#N)cc1)c1ccc(O)c2ccccc12. The number of anilines is 3. The molecular formula is C32H30N4O4. The second-order valence-corrected chi connectivity index (χ2v) is 9.39. The lowest BCUT2D eigenvalue weighted by molar-refractivity contribution is -0.111. The number of allylic oxidation sites excluding steroid dienone is 1. The van der Waals surface area contributed by atoms with Crippen molar-refractivity contribution in [3.05, 3.63) is 108 Å². The number of rotatable bonds is 9. The third-order valence-electron chi connectivity index (χ3n) is 6.53. The van der Waals surface area contributed by atoms with Crippen LogP contribution in [0.5, 0.6) is 5.75 Å². The number of ether oxygens (including phenoxy) is 1. The lowest BCUT2D eigenvalue weighted by Crippen LogP contribution is -2.22. The molecule has 0 saturated heterocycles. The number of carbonyl (C=O) groups excluding carboxylic acids is 2. The Hall–Kier alpha value is -5.29. The van der Waals surface area contributed by atoms with Crippen LogP contribution >= 0.6 is 0 Å². The van der Waals surface area contributed by atoms with E-state index in [9.17, 15) is 14.7 Å². The Bertz CT molecular complexity index is 1570. The first-order valence-corrected chi connectivity index (χ1v) is 12.9. The summed E-state index contributed by atoms with van der Waals surface area (Å²) in [5.41, 5.74) is 8.66. The zero-order chi connectivity index (χ0) is 28.5. The van der Waals surface area contributed by atoms with Crippen LogP contribution < -0.4 is 16.4 Å². The number of nitrogens with two attached hydrogens (primary N) is 1. The van der Waals surface area contributed by atoms with Crippen molar-refractivity contribution in [1.29, 1.82) is 5.26 Å². The molecule has 5 N–H and O–H groups in total. The number of phenolic OH excluding ortho intramolecular Hbond substituents is 1. The minimum absolute atomic E-state index is 0.140. The predicted octanol–water partition coefficient (Wildman–Crippen LogP) is 6.90. The van der Waals surface area contributed by atoms with E-state index in [1.807, 2.05) is 37.3 Å². The van der Waals surface area contributed by atoms with Crippen LogP contribution in [0.1, 0.15) is 37.0 Å². The molecule has 4 aromatic rings. The van der Waals surface area contributed by atoms with Crippen LogP contribution in [0.2, 0.25) is 0 Å². The number of nitrogens with zero attached hydrogens (tertiary/aromatic N) is 1. The fraction of sp³-hybridized carbons (Fsp3) is 0.156. The fourth-order valence-corrected chi connectivity index (χ4v) is 4.42. The number of amides is 2. The number of nitrogen functional groups attached to an aromatic ring is 1. The molecule has 0 saturated carbocycles. The topological polar surface area (TPSA) is 137 Å². The zero-order valence-corrected chi connectivity index (χ0v) is 22.0. The first-order chi connectivity index (χ1) is 19.4. The summed E-state index contributed by atoms with van der Waals surface area (Å²) in [7, 11) is 0. The van der Waals surface area contributed by atoms with E-state index in [-0.39, 0.29) is 17.6 Å². The number of nitrogens with one attached hydrogen (secondary N) is 2. The number of phenols is 1. The molecule has 8 nitrogen and oxygen atoms in total. The molecule has 2 atom stereocenters. The Labute approximate surface area is 232 Å². The molecule has 8 heteroatoms. The highest BCUT2D eigenvalue weighted by molar-refractivity contribution is 6.01. The number of hydrogen-bond acceptors (Lipinski definition) is 6. The molecule has 0 heterocycles. The van der Waals surface area contributed by atoms with Gasteiger partial charge in [0.25, 0.3) is 0 Å². The summed E-state index contributed by atoms with van der Waals surface area (Å²) in [6.45, 7) is 1.97. The van der Waals surface area contributed by atoms with E-state index in [0.717, 1.165) is 10.9 Å². The van der Waals surface area contributed by atoms with Gasteiger partial charge in [-0.3, -0.25) is 10.1 Å². The third-order valence-corrected chi connectivity index (χ3v) is 6.53. The fourth-order valence-electron chi connectivity index (χ4n) is 4.42. The Morgan fingerprint density at radius 1 is 0.975 bits per heavy atom. The van der Waals surface area contributed by atoms with E-state index in [1.165, 1.54) is 6.08 Å². The molecule has 0 aliphatic carbocycles. The molecule has 0 bridgehead atoms. The average molecular weight is 535 g/mol. The normalized spacial score (nSPS) is 12.4. The molecule has 0 aromatic heterocycles. The molecule has 0 fully saturated rings. The summed E-state index contributed by atoms with van der Waals surface area (Å²) in [6, 6.07) is 26.3. The van der Waals surface area contributed by atoms with Crippen LogP contribution in [-0.4, -0.2) is 17.1 Å². The summed E-state index contributed by atoms with van der Waals surface area (Å²) >= 11 is 0. The van der Waals surface area contributed by atoms with Gasteiger partial charge in [0.05, 0.1) is 23.0 Å². The minimum Gasteiger partial charge on any atom is -0.507 e. The Morgan fingerprint density at radius 2 is 1.68 bits per heavy atom. The van der Waals surface area contributed by atoms with Gasteiger partial charge in [0, 0.05) is 16.6 Å². The number of fused-ring (bicyclic) bond motifs is 1. The highest BCUT2D eigenvalue weighted by Crippen LogP contribution is 2.37. The summed E-state index contributed by atoms with van der Waals surface area (Å²) in [5, 5.41) is 26.3. The zero-order valence-electron chi connectivity index (χ0n) is 22.0. The molecule has 4 aromatic carbocycles. The van der Waals surface area contributed by atoms with E-state index in [4.69, 9.17) is 15.7 Å². The lowest BCUT2D eigenvalue weighted by atomic mass is 9.89. The van der Waals surface area contributed by atoms with E-state index in [0.29, 0.717) is 40.9 Å². The van der Waals surface area contributed by atoms with Crippen LogP contribution in [0.4, 0.5) is 21.9 Å². The monoisotopic (exact) mass is 534 g/mol. The maximum absolute atomic E-state index is 13.0. The number of hydrogen-bond donors (Lipinski definition) is 4. The van der Waals surface area contributed by atoms with Crippen molar-refractivity contribution in [1.82, 2.24) is 0 Å². The molecule has 0 radical (unpaired) electrons. The van der Waals surface area contributed by atoms with Gasteiger partial charge in [-0.2, -0.15) is 5.26 Å². The lowest BCUT2D eigenvalue weighted by Gasteiger charge is -2.26. The largest absolute Gasteiger partial charge is 0.507 e. The van der Waals surface area contributed by atoms with Crippen LogP contribution in [0.15, 0.2) is 97.1 Å². The standard InChI is InChI=1S/C32H30N4O4/c1-21(8-2-7-13-30(38)36-28-12-6-5-11-27(28)34)31(26-18-19-29(37)25-10-4-3-9-24(25)26)40-32(39)35-23-16-14-22(20-33)15-17-23/h3-7,9-19,21,31,37H,2,8,34H2,1H3,(H,35,39)(H,36,38)/b13-7+/t21-,31-/m0/s1. The molecular weight excluding hydrogens is 504 g/mol. The van der Waals surface area contributed by atoms with Gasteiger partial charge >= 0.3 is 6.09 Å². The van der Waals surface area contributed by atoms with Crippen LogP contribution in [0.25, 0.3) is 10.8 Å². The van der Waals surface area contributed by atoms with E-state index in [2.05, 4.69) is 10.6 Å². The van der Waals surface area contributed by atoms with Crippen molar-refractivity contribution in [3.8, 4) is 11.8 Å². The summed E-state index contributed by atoms with van der Waals surface area (Å²) < 4.78 is 5.96.